The highest BCUT2D eigenvalue weighted by Gasteiger charge is 2.44. The molecule has 2 fully saturated rings. The average molecular weight is 140 g/mol. The zero-order chi connectivity index (χ0) is 7.14. The first-order valence-corrected chi connectivity index (χ1v) is 3.98. The molecular weight excluding hydrogens is 128 g/mol. The van der Waals surface area contributed by atoms with Gasteiger partial charge in [0.05, 0.1) is 6.10 Å². The van der Waals surface area contributed by atoms with Gasteiger partial charge in [-0.05, 0) is 25.2 Å². The summed E-state index contributed by atoms with van der Waals surface area (Å²) in [7, 11) is 0. The van der Waals surface area contributed by atoms with Crippen LogP contribution in [-0.4, -0.2) is 17.0 Å². The molecule has 10 heavy (non-hydrogen) atoms. The summed E-state index contributed by atoms with van der Waals surface area (Å²) < 4.78 is 0. The third-order valence-corrected chi connectivity index (χ3v) is 2.64. The first kappa shape index (κ1) is 6.35. The van der Waals surface area contributed by atoms with E-state index in [1.165, 1.54) is 0 Å². The van der Waals surface area contributed by atoms with Crippen molar-refractivity contribution in [1.29, 1.82) is 0 Å². The Kier molecular flexibility index (Phi) is 1.31. The minimum Gasteiger partial charge on any atom is -0.393 e. The summed E-state index contributed by atoms with van der Waals surface area (Å²) in [5.74, 6) is 1.29. The van der Waals surface area contributed by atoms with Crippen molar-refractivity contribution < 1.29 is 9.90 Å². The second-order valence-corrected chi connectivity index (χ2v) is 3.50. The molecule has 0 heterocycles. The number of hydrogen-bond acceptors (Lipinski definition) is 2. The first-order valence-electron chi connectivity index (χ1n) is 3.98. The minimum absolute atomic E-state index is 0.301. The Labute approximate surface area is 60.2 Å². The summed E-state index contributed by atoms with van der Waals surface area (Å²) in [6, 6.07) is 0. The smallest absolute Gasteiger partial charge is 0.138 e. The van der Waals surface area contributed by atoms with Gasteiger partial charge >= 0.3 is 0 Å². The maximum Gasteiger partial charge on any atom is 0.138 e. The second kappa shape index (κ2) is 2.06. The summed E-state index contributed by atoms with van der Waals surface area (Å²) >= 11 is 0. The highest BCUT2D eigenvalue weighted by molar-refractivity contribution is 5.84. The van der Waals surface area contributed by atoms with Crippen molar-refractivity contribution in [2.24, 2.45) is 11.8 Å². The van der Waals surface area contributed by atoms with Crippen LogP contribution in [0.3, 0.4) is 0 Å². The lowest BCUT2D eigenvalue weighted by molar-refractivity contribution is -0.121. The molecule has 2 aliphatic rings. The fraction of sp³-hybridized carbons (Fsp3) is 0.875. The largest absolute Gasteiger partial charge is 0.393 e. The van der Waals surface area contributed by atoms with Crippen molar-refractivity contribution in [2.45, 2.75) is 31.8 Å². The second-order valence-electron chi connectivity index (χ2n) is 3.50. The predicted octanol–water partition coefficient (Wildman–Crippen LogP) is 0.736. The van der Waals surface area contributed by atoms with Gasteiger partial charge in [-0.1, -0.05) is 0 Å². The molecule has 0 spiro atoms. The normalized spacial score (nSPS) is 46.1. The Morgan fingerprint density at radius 3 is 3.00 bits per heavy atom. The summed E-state index contributed by atoms with van der Waals surface area (Å²) in [6.45, 7) is 0. The molecular formula is C8H12O2. The van der Waals surface area contributed by atoms with Crippen LogP contribution in [0, 0.1) is 11.8 Å². The molecule has 0 bridgehead atoms. The van der Waals surface area contributed by atoms with Crippen molar-refractivity contribution >= 4 is 5.78 Å². The van der Waals surface area contributed by atoms with Gasteiger partial charge in [-0.3, -0.25) is 4.79 Å². The van der Waals surface area contributed by atoms with E-state index in [2.05, 4.69) is 0 Å². The van der Waals surface area contributed by atoms with Crippen molar-refractivity contribution in [2.75, 3.05) is 0 Å². The topological polar surface area (TPSA) is 37.3 Å². The molecule has 0 aromatic carbocycles. The molecule has 3 atom stereocenters. The standard InChI is InChI=1S/C8H12O2/c9-6-2-1-5-3-7(5)8(10)4-6/h5-7,9H,1-4H2. The van der Waals surface area contributed by atoms with E-state index in [9.17, 15) is 9.90 Å². The van der Waals surface area contributed by atoms with Crippen molar-refractivity contribution in [1.82, 2.24) is 0 Å². The van der Waals surface area contributed by atoms with Gasteiger partial charge in [-0.25, -0.2) is 0 Å². The average Bonchev–Trinajstić information content (AvgIpc) is 2.59. The van der Waals surface area contributed by atoms with E-state index in [-0.39, 0.29) is 6.10 Å². The molecule has 0 amide bonds. The third kappa shape index (κ3) is 0.966. The summed E-state index contributed by atoms with van der Waals surface area (Å²) in [5, 5.41) is 9.18. The van der Waals surface area contributed by atoms with E-state index in [1.54, 1.807) is 0 Å². The van der Waals surface area contributed by atoms with Gasteiger partial charge in [0.25, 0.3) is 0 Å². The fourth-order valence-corrected chi connectivity index (χ4v) is 1.85. The zero-order valence-corrected chi connectivity index (χ0v) is 5.92. The van der Waals surface area contributed by atoms with Gasteiger partial charge in [0.1, 0.15) is 5.78 Å². The first-order chi connectivity index (χ1) is 4.77. The van der Waals surface area contributed by atoms with E-state index in [4.69, 9.17) is 0 Å². The van der Waals surface area contributed by atoms with E-state index in [1.807, 2.05) is 0 Å². The number of aliphatic hydroxyl groups excluding tert-OH is 1. The number of aliphatic hydroxyl groups is 1. The molecule has 2 rings (SSSR count). The SMILES string of the molecule is O=C1CC(O)CCC2CC12. The molecule has 2 aliphatic carbocycles. The van der Waals surface area contributed by atoms with E-state index in [0.29, 0.717) is 24.0 Å². The molecule has 0 aromatic heterocycles. The van der Waals surface area contributed by atoms with Crippen LogP contribution in [-0.2, 0) is 4.79 Å². The predicted molar refractivity (Wildman–Crippen MR) is 36.5 cm³/mol. The minimum atomic E-state index is -0.333. The summed E-state index contributed by atoms with van der Waals surface area (Å²) in [6.07, 6.45) is 3.09. The van der Waals surface area contributed by atoms with Gasteiger partial charge in [0.15, 0.2) is 0 Å². The molecule has 0 aromatic rings. The van der Waals surface area contributed by atoms with Crippen molar-refractivity contribution in [3.8, 4) is 0 Å². The quantitative estimate of drug-likeness (QED) is 0.538. The van der Waals surface area contributed by atoms with Crippen LogP contribution < -0.4 is 0 Å². The fourth-order valence-electron chi connectivity index (χ4n) is 1.85. The van der Waals surface area contributed by atoms with Crippen LogP contribution in [0.2, 0.25) is 0 Å². The van der Waals surface area contributed by atoms with E-state index in [0.717, 1.165) is 19.3 Å². The Morgan fingerprint density at radius 2 is 2.20 bits per heavy atom. The Morgan fingerprint density at radius 1 is 1.40 bits per heavy atom. The lowest BCUT2D eigenvalue weighted by atomic mass is 10.1. The van der Waals surface area contributed by atoms with Crippen LogP contribution in [0.4, 0.5) is 0 Å². The number of carbonyl (C=O) groups excluding carboxylic acids is 1. The Bertz CT molecular complexity index is 163. The maximum atomic E-state index is 11.1. The molecule has 0 radical (unpaired) electrons. The number of Topliss-reactive ketones (excluding diaryl/α,β-unsaturated/α-hetero) is 1. The molecule has 0 saturated heterocycles. The van der Waals surface area contributed by atoms with Gasteiger partial charge in [-0.2, -0.15) is 0 Å². The summed E-state index contributed by atoms with van der Waals surface area (Å²) in [4.78, 5) is 11.1. The van der Waals surface area contributed by atoms with Crippen LogP contribution in [0.25, 0.3) is 0 Å². The molecule has 2 nitrogen and oxygen atoms in total. The lowest BCUT2D eigenvalue weighted by Crippen LogP contribution is -2.11. The highest BCUT2D eigenvalue weighted by atomic mass is 16.3. The number of carbonyl (C=O) groups is 1. The zero-order valence-electron chi connectivity index (χ0n) is 5.92. The maximum absolute atomic E-state index is 11.1. The Balaban J connectivity index is 2.03. The number of hydrogen-bond donors (Lipinski definition) is 1. The summed E-state index contributed by atoms with van der Waals surface area (Å²) in [5.41, 5.74) is 0. The monoisotopic (exact) mass is 140 g/mol. The van der Waals surface area contributed by atoms with Crippen LogP contribution in [0.1, 0.15) is 25.7 Å². The van der Waals surface area contributed by atoms with Crippen LogP contribution >= 0.6 is 0 Å². The molecule has 1 N–H and O–H groups in total. The van der Waals surface area contributed by atoms with Crippen LogP contribution in [0.5, 0.6) is 0 Å². The Hall–Kier alpha value is -0.370. The molecule has 2 heteroatoms. The number of ketones is 1. The van der Waals surface area contributed by atoms with Gasteiger partial charge in [0.2, 0.25) is 0 Å². The van der Waals surface area contributed by atoms with Crippen molar-refractivity contribution in [3.63, 3.8) is 0 Å². The van der Waals surface area contributed by atoms with E-state index >= 15 is 0 Å². The third-order valence-electron chi connectivity index (χ3n) is 2.64. The molecule has 2 saturated carbocycles. The molecule has 56 valence electrons. The lowest BCUT2D eigenvalue weighted by Gasteiger charge is -2.03. The number of rotatable bonds is 0. The highest BCUT2D eigenvalue weighted by Crippen LogP contribution is 2.45. The van der Waals surface area contributed by atoms with Crippen molar-refractivity contribution in [3.05, 3.63) is 0 Å². The van der Waals surface area contributed by atoms with Gasteiger partial charge in [-0.15, -0.1) is 0 Å². The van der Waals surface area contributed by atoms with Gasteiger partial charge in [0, 0.05) is 12.3 Å². The van der Waals surface area contributed by atoms with Gasteiger partial charge < -0.3 is 5.11 Å². The van der Waals surface area contributed by atoms with E-state index < -0.39 is 0 Å². The van der Waals surface area contributed by atoms with Crippen LogP contribution in [0.15, 0.2) is 0 Å². The molecule has 3 unspecified atom stereocenters. The molecule has 0 aliphatic heterocycles. The number of fused-ring (bicyclic) bond motifs is 1.